The molecule has 1 aliphatic carbocycles. The number of carbonyl (C=O) groups is 1. The summed E-state index contributed by atoms with van der Waals surface area (Å²) in [5.41, 5.74) is 4.98. The Morgan fingerprint density at radius 3 is 2.44 bits per heavy atom. The Hall–Kier alpha value is -3.59. The number of rotatable bonds is 6. The van der Waals surface area contributed by atoms with E-state index < -0.39 is 0 Å². The Labute approximate surface area is 210 Å². The highest BCUT2D eigenvalue weighted by atomic mass is 16.5. The van der Waals surface area contributed by atoms with Crippen molar-refractivity contribution in [3.8, 4) is 5.75 Å². The molecule has 0 atom stereocenters. The average molecular weight is 488 g/mol. The molecule has 4 aromatic rings. The number of ether oxygens (including phenoxy) is 1. The molecule has 2 fully saturated rings. The van der Waals surface area contributed by atoms with E-state index in [2.05, 4.69) is 27.6 Å². The van der Waals surface area contributed by atoms with Crippen molar-refractivity contribution in [3.63, 3.8) is 0 Å². The highest BCUT2D eigenvalue weighted by Crippen LogP contribution is 2.36. The molecule has 1 saturated heterocycles. The van der Waals surface area contributed by atoms with Gasteiger partial charge in [-0.2, -0.15) is 10.2 Å². The van der Waals surface area contributed by atoms with E-state index in [1.807, 2.05) is 44.7 Å². The number of methoxy groups -OCH3 is 1. The number of anilines is 2. The molecular weight excluding hydrogens is 454 g/mol. The van der Waals surface area contributed by atoms with Crippen molar-refractivity contribution in [2.75, 3.05) is 30.4 Å². The van der Waals surface area contributed by atoms with E-state index in [1.165, 1.54) is 18.5 Å². The molecule has 1 aliphatic heterocycles. The predicted molar refractivity (Wildman–Crippen MR) is 142 cm³/mol. The van der Waals surface area contributed by atoms with Crippen LogP contribution in [0.1, 0.15) is 41.6 Å². The molecule has 2 aromatic heterocycles. The van der Waals surface area contributed by atoms with Crippen LogP contribution in [0, 0.1) is 6.92 Å². The lowest BCUT2D eigenvalue weighted by molar-refractivity contribution is 0.102. The number of amides is 1. The van der Waals surface area contributed by atoms with E-state index >= 15 is 0 Å². The standard InChI is InChI=1S/C27H33N7O2/c1-16-11-20(27(35)29-23-12-17-14-32(2)30-22(17)13-24(23)36-4)25-21(15-33(3)31-25)26(16)34-9-7-19(8-10-34)28-18-5-6-18/h11-15,18-19,28H,5-10H2,1-4H3,(H,29,35). The Balaban J connectivity index is 1.31. The predicted octanol–water partition coefficient (Wildman–Crippen LogP) is 3.75. The summed E-state index contributed by atoms with van der Waals surface area (Å²) in [7, 11) is 5.38. The quantitative estimate of drug-likeness (QED) is 0.431. The van der Waals surface area contributed by atoms with E-state index in [0.29, 0.717) is 23.0 Å². The first-order valence-corrected chi connectivity index (χ1v) is 12.7. The summed E-state index contributed by atoms with van der Waals surface area (Å²) in [4.78, 5) is 16.0. The molecule has 6 rings (SSSR count). The van der Waals surface area contributed by atoms with Crippen LogP contribution in [0.4, 0.5) is 11.4 Å². The first-order chi connectivity index (χ1) is 17.4. The van der Waals surface area contributed by atoms with Gasteiger partial charge in [0.25, 0.3) is 5.91 Å². The van der Waals surface area contributed by atoms with Crippen molar-refractivity contribution in [3.05, 3.63) is 41.7 Å². The van der Waals surface area contributed by atoms with Crippen LogP contribution in [0.2, 0.25) is 0 Å². The molecule has 3 heterocycles. The van der Waals surface area contributed by atoms with Crippen molar-refractivity contribution in [2.45, 2.75) is 44.7 Å². The first-order valence-electron chi connectivity index (χ1n) is 12.7. The third-order valence-electron chi connectivity index (χ3n) is 7.37. The number of hydrogen-bond donors (Lipinski definition) is 2. The van der Waals surface area contributed by atoms with Crippen LogP contribution in [0.5, 0.6) is 5.75 Å². The molecule has 36 heavy (non-hydrogen) atoms. The van der Waals surface area contributed by atoms with E-state index in [1.54, 1.807) is 16.5 Å². The summed E-state index contributed by atoms with van der Waals surface area (Å²) >= 11 is 0. The van der Waals surface area contributed by atoms with Crippen molar-refractivity contribution in [2.24, 2.45) is 14.1 Å². The summed E-state index contributed by atoms with van der Waals surface area (Å²) in [5, 5.41) is 17.9. The maximum Gasteiger partial charge on any atom is 0.258 e. The fourth-order valence-electron chi connectivity index (χ4n) is 5.50. The second-order valence-electron chi connectivity index (χ2n) is 10.2. The minimum absolute atomic E-state index is 0.206. The van der Waals surface area contributed by atoms with Gasteiger partial charge in [0.15, 0.2) is 0 Å². The van der Waals surface area contributed by atoms with Gasteiger partial charge in [-0.05, 0) is 50.3 Å². The minimum Gasteiger partial charge on any atom is -0.494 e. The number of piperidine rings is 1. The highest BCUT2D eigenvalue weighted by molar-refractivity contribution is 6.15. The molecule has 1 amide bonds. The van der Waals surface area contributed by atoms with Crippen LogP contribution < -0.4 is 20.3 Å². The van der Waals surface area contributed by atoms with Gasteiger partial charge >= 0.3 is 0 Å². The molecule has 1 saturated carbocycles. The number of nitrogens with zero attached hydrogens (tertiary/aromatic N) is 5. The summed E-state index contributed by atoms with van der Waals surface area (Å²) in [5.74, 6) is 0.366. The summed E-state index contributed by atoms with van der Waals surface area (Å²) in [6.45, 7) is 4.10. The largest absolute Gasteiger partial charge is 0.494 e. The van der Waals surface area contributed by atoms with Gasteiger partial charge in [-0.25, -0.2) is 0 Å². The molecule has 0 spiro atoms. The molecule has 2 N–H and O–H groups in total. The molecule has 0 unspecified atom stereocenters. The first kappa shape index (κ1) is 22.8. The lowest BCUT2D eigenvalue weighted by Crippen LogP contribution is -2.43. The van der Waals surface area contributed by atoms with Crippen molar-refractivity contribution in [1.29, 1.82) is 0 Å². The number of benzene rings is 2. The Morgan fingerprint density at radius 2 is 1.72 bits per heavy atom. The lowest BCUT2D eigenvalue weighted by Gasteiger charge is -2.35. The number of fused-ring (bicyclic) bond motifs is 2. The van der Waals surface area contributed by atoms with Gasteiger partial charge in [0.2, 0.25) is 0 Å². The van der Waals surface area contributed by atoms with Gasteiger partial charge < -0.3 is 20.3 Å². The zero-order chi connectivity index (χ0) is 25.0. The summed E-state index contributed by atoms with van der Waals surface area (Å²) in [6, 6.07) is 7.07. The molecule has 2 aromatic carbocycles. The number of hydrogen-bond acceptors (Lipinski definition) is 6. The molecular formula is C27H33N7O2. The van der Waals surface area contributed by atoms with Crippen molar-refractivity contribution in [1.82, 2.24) is 24.9 Å². The average Bonchev–Trinajstić information content (AvgIpc) is 3.46. The van der Waals surface area contributed by atoms with Gasteiger partial charge in [0, 0.05) is 68.5 Å². The third-order valence-corrected chi connectivity index (χ3v) is 7.37. The molecule has 9 heteroatoms. The van der Waals surface area contributed by atoms with Gasteiger partial charge in [0.1, 0.15) is 11.3 Å². The minimum atomic E-state index is -0.206. The summed E-state index contributed by atoms with van der Waals surface area (Å²) in [6.07, 6.45) is 8.87. The van der Waals surface area contributed by atoms with E-state index in [4.69, 9.17) is 9.84 Å². The second-order valence-corrected chi connectivity index (χ2v) is 10.2. The number of carbonyl (C=O) groups excluding carboxylic acids is 1. The third kappa shape index (κ3) is 4.17. The van der Waals surface area contributed by atoms with E-state index in [9.17, 15) is 4.79 Å². The molecule has 0 bridgehead atoms. The zero-order valence-corrected chi connectivity index (χ0v) is 21.3. The number of aromatic nitrogens is 4. The lowest BCUT2D eigenvalue weighted by atomic mass is 9.99. The Bertz CT molecular complexity index is 1460. The van der Waals surface area contributed by atoms with E-state index in [0.717, 1.165) is 59.3 Å². The topological polar surface area (TPSA) is 89.2 Å². The normalized spacial score (nSPS) is 16.7. The van der Waals surface area contributed by atoms with E-state index in [-0.39, 0.29) is 5.91 Å². The molecule has 2 aliphatic rings. The van der Waals surface area contributed by atoms with Crippen LogP contribution in [-0.2, 0) is 14.1 Å². The molecule has 188 valence electrons. The van der Waals surface area contributed by atoms with Crippen LogP contribution in [0.15, 0.2) is 30.6 Å². The molecule has 9 nitrogen and oxygen atoms in total. The van der Waals surface area contributed by atoms with Crippen LogP contribution in [0.3, 0.4) is 0 Å². The van der Waals surface area contributed by atoms with Crippen LogP contribution in [-0.4, -0.2) is 57.8 Å². The van der Waals surface area contributed by atoms with Crippen molar-refractivity contribution < 1.29 is 9.53 Å². The fraction of sp³-hybridized carbons (Fsp3) is 0.444. The number of nitrogens with one attached hydrogen (secondary N) is 2. The highest BCUT2D eigenvalue weighted by Gasteiger charge is 2.29. The maximum atomic E-state index is 13.6. The maximum absolute atomic E-state index is 13.6. The smallest absolute Gasteiger partial charge is 0.258 e. The van der Waals surface area contributed by atoms with Crippen LogP contribution in [0.25, 0.3) is 21.8 Å². The molecule has 0 radical (unpaired) electrons. The van der Waals surface area contributed by atoms with Crippen molar-refractivity contribution >= 4 is 39.1 Å². The Kier molecular flexibility index (Phi) is 5.59. The SMILES string of the molecule is COc1cc2nn(C)cc2cc1NC(=O)c1cc(C)c(N2CCC(NC3CC3)CC2)c2cn(C)nc12. The Morgan fingerprint density at radius 1 is 1.00 bits per heavy atom. The van der Waals surface area contributed by atoms with Gasteiger partial charge in [-0.3, -0.25) is 14.2 Å². The zero-order valence-electron chi connectivity index (χ0n) is 21.3. The van der Waals surface area contributed by atoms with Gasteiger partial charge in [0.05, 0.1) is 29.6 Å². The van der Waals surface area contributed by atoms with Crippen LogP contribution >= 0.6 is 0 Å². The van der Waals surface area contributed by atoms with Gasteiger partial charge in [-0.1, -0.05) is 0 Å². The van der Waals surface area contributed by atoms with Gasteiger partial charge in [-0.15, -0.1) is 0 Å². The fourth-order valence-corrected chi connectivity index (χ4v) is 5.50. The summed E-state index contributed by atoms with van der Waals surface area (Å²) < 4.78 is 9.10. The number of aryl methyl sites for hydroxylation is 3. The monoisotopic (exact) mass is 487 g/mol. The second kappa shape index (κ2) is 8.81.